The van der Waals surface area contributed by atoms with Gasteiger partial charge in [0.1, 0.15) is 0 Å². The van der Waals surface area contributed by atoms with Crippen LogP contribution in [0.25, 0.3) is 53.9 Å². The topological polar surface area (TPSA) is 26.3 Å². The molecule has 6 aromatic rings. The van der Waals surface area contributed by atoms with Crippen LogP contribution in [0.3, 0.4) is 0 Å². The lowest BCUT2D eigenvalue weighted by Gasteiger charge is -2.14. The van der Waals surface area contributed by atoms with Crippen molar-refractivity contribution in [1.82, 2.24) is 0 Å². The highest BCUT2D eigenvalue weighted by Crippen LogP contribution is 2.34. The summed E-state index contributed by atoms with van der Waals surface area (Å²) in [6, 6.07) is 31.0. The molecule has 0 amide bonds. The van der Waals surface area contributed by atoms with Crippen molar-refractivity contribution in [3.8, 4) is 0 Å². The number of ether oxygens (including phenoxy) is 1. The molecule has 0 N–H and O–H groups in total. The molecule has 0 fully saturated rings. The fraction of sp³-hybridized carbons (Fsp3) is 0.400. The number of aryl methyl sites for hydroxylation is 1. The predicted octanol–water partition coefficient (Wildman–Crippen LogP) is 13.7. The van der Waals surface area contributed by atoms with Crippen molar-refractivity contribution < 1.29 is 9.53 Å². The van der Waals surface area contributed by atoms with Crippen LogP contribution in [0.15, 0.2) is 84.9 Å². The lowest BCUT2D eigenvalue weighted by Crippen LogP contribution is -2.10. The number of hydrogen-bond donors (Lipinski definition) is 0. The van der Waals surface area contributed by atoms with Gasteiger partial charge >= 0.3 is 5.97 Å². The second-order valence-electron chi connectivity index (χ2n) is 13.7. The maximum absolute atomic E-state index is 13.6. The van der Waals surface area contributed by atoms with Gasteiger partial charge in [0.15, 0.2) is 0 Å². The Bertz CT molecular complexity index is 1970. The number of carbonyl (C=O) groups excluding carboxylic acids is 1. The van der Waals surface area contributed by atoms with Crippen LogP contribution < -0.4 is 0 Å². The largest absolute Gasteiger partial charge is 0.462 e. The fourth-order valence-corrected chi connectivity index (χ4v) is 7.38. The minimum absolute atomic E-state index is 0.180. The molecule has 6 aromatic carbocycles. The molecular formula is C45H52O2. The van der Waals surface area contributed by atoms with Crippen LogP contribution in [0.5, 0.6) is 0 Å². The number of esters is 1. The lowest BCUT2D eigenvalue weighted by atomic mass is 9.93. The molecule has 0 aromatic heterocycles. The van der Waals surface area contributed by atoms with E-state index in [4.69, 9.17) is 4.74 Å². The quantitative estimate of drug-likeness (QED) is 0.0573. The first kappa shape index (κ1) is 33.0. The van der Waals surface area contributed by atoms with Crippen molar-refractivity contribution in [3.05, 3.63) is 96.1 Å². The maximum atomic E-state index is 13.6. The Morgan fingerprint density at radius 1 is 0.468 bits per heavy atom. The van der Waals surface area contributed by atoms with Crippen LogP contribution in [-0.4, -0.2) is 12.6 Å². The first-order chi connectivity index (χ1) is 23.1. The summed E-state index contributed by atoms with van der Waals surface area (Å²) in [5.41, 5.74) is 1.80. The Balaban J connectivity index is 1.07. The van der Waals surface area contributed by atoms with E-state index in [1.807, 2.05) is 0 Å². The van der Waals surface area contributed by atoms with Gasteiger partial charge in [-0.3, -0.25) is 0 Å². The average molecular weight is 625 g/mol. The standard InChI is InChI=1S/C45H52O2/c1-3-5-6-7-8-9-10-11-12-13-14-15-16-19-24-47-45(46)44-33(4-2)22-23-36-27-39-30-40-28-37-25-34-20-17-18-21-35(34)26-38(37)29-41(40)31-42(39)32-43(36)44/h17-18,20-23,25-32H,3-16,19,24H2,1-2H3. The molecule has 0 saturated heterocycles. The van der Waals surface area contributed by atoms with Gasteiger partial charge in [-0.1, -0.05) is 134 Å². The van der Waals surface area contributed by atoms with Gasteiger partial charge in [0.05, 0.1) is 12.2 Å². The van der Waals surface area contributed by atoms with Gasteiger partial charge in [-0.25, -0.2) is 4.79 Å². The van der Waals surface area contributed by atoms with Crippen LogP contribution in [0.1, 0.15) is 120 Å². The lowest BCUT2D eigenvalue weighted by molar-refractivity contribution is 0.0499. The van der Waals surface area contributed by atoms with Crippen molar-refractivity contribution >= 4 is 59.8 Å². The van der Waals surface area contributed by atoms with Crippen molar-refractivity contribution in [3.63, 3.8) is 0 Å². The number of rotatable bonds is 17. The van der Waals surface area contributed by atoms with Crippen LogP contribution in [0.4, 0.5) is 0 Å². The summed E-state index contributed by atoms with van der Waals surface area (Å²) in [5.74, 6) is -0.180. The highest BCUT2D eigenvalue weighted by atomic mass is 16.5. The smallest absolute Gasteiger partial charge is 0.339 e. The van der Waals surface area contributed by atoms with E-state index in [2.05, 4.69) is 98.8 Å². The van der Waals surface area contributed by atoms with Crippen LogP contribution in [0.2, 0.25) is 0 Å². The van der Waals surface area contributed by atoms with Crippen molar-refractivity contribution in [2.45, 2.75) is 110 Å². The third-order valence-electron chi connectivity index (χ3n) is 10.2. The minimum Gasteiger partial charge on any atom is -0.462 e. The Kier molecular flexibility index (Phi) is 11.4. The highest BCUT2D eigenvalue weighted by Gasteiger charge is 2.17. The van der Waals surface area contributed by atoms with Crippen LogP contribution in [0, 0.1) is 0 Å². The molecule has 0 bridgehead atoms. The predicted molar refractivity (Wildman–Crippen MR) is 204 cm³/mol. The van der Waals surface area contributed by atoms with Gasteiger partial charge in [-0.15, -0.1) is 0 Å². The monoisotopic (exact) mass is 624 g/mol. The Hall–Kier alpha value is -3.91. The van der Waals surface area contributed by atoms with Crippen LogP contribution in [-0.2, 0) is 11.2 Å². The second-order valence-corrected chi connectivity index (χ2v) is 13.7. The van der Waals surface area contributed by atoms with Crippen molar-refractivity contribution in [1.29, 1.82) is 0 Å². The number of hydrogen-bond acceptors (Lipinski definition) is 2. The normalized spacial score (nSPS) is 11.8. The van der Waals surface area contributed by atoms with E-state index < -0.39 is 0 Å². The number of fused-ring (bicyclic) bond motifs is 5. The number of unbranched alkanes of at least 4 members (excludes halogenated alkanes) is 13. The van der Waals surface area contributed by atoms with Gasteiger partial charge < -0.3 is 4.74 Å². The number of carbonyl (C=O) groups is 1. The first-order valence-corrected chi connectivity index (χ1v) is 18.6. The van der Waals surface area contributed by atoms with E-state index in [1.165, 1.54) is 115 Å². The fourth-order valence-electron chi connectivity index (χ4n) is 7.38. The Morgan fingerprint density at radius 2 is 0.894 bits per heavy atom. The molecule has 2 heteroatoms. The molecule has 0 spiro atoms. The summed E-state index contributed by atoms with van der Waals surface area (Å²) < 4.78 is 5.91. The molecule has 0 aliphatic rings. The van der Waals surface area contributed by atoms with Gasteiger partial charge in [-0.2, -0.15) is 0 Å². The van der Waals surface area contributed by atoms with Gasteiger partial charge in [0.25, 0.3) is 0 Å². The summed E-state index contributed by atoms with van der Waals surface area (Å²) in [6.45, 7) is 4.90. The molecular weight excluding hydrogens is 572 g/mol. The second kappa shape index (κ2) is 16.3. The highest BCUT2D eigenvalue weighted by molar-refractivity contribution is 6.13. The third kappa shape index (κ3) is 8.15. The molecule has 244 valence electrons. The number of benzene rings is 6. The molecule has 0 heterocycles. The summed E-state index contributed by atoms with van der Waals surface area (Å²) in [7, 11) is 0. The average Bonchev–Trinajstić information content (AvgIpc) is 3.09. The van der Waals surface area contributed by atoms with E-state index in [9.17, 15) is 4.79 Å². The zero-order valence-electron chi connectivity index (χ0n) is 28.7. The molecule has 0 saturated carbocycles. The van der Waals surface area contributed by atoms with Gasteiger partial charge in [0, 0.05) is 0 Å². The summed E-state index contributed by atoms with van der Waals surface area (Å²) in [6.07, 6.45) is 19.3. The molecule has 0 unspecified atom stereocenters. The zero-order chi connectivity index (χ0) is 32.4. The molecule has 47 heavy (non-hydrogen) atoms. The van der Waals surface area contributed by atoms with E-state index >= 15 is 0 Å². The zero-order valence-corrected chi connectivity index (χ0v) is 28.7. The van der Waals surface area contributed by atoms with Gasteiger partial charge in [0.2, 0.25) is 0 Å². The summed E-state index contributed by atoms with van der Waals surface area (Å²) in [5, 5.41) is 11.9. The van der Waals surface area contributed by atoms with E-state index in [0.717, 1.165) is 46.5 Å². The van der Waals surface area contributed by atoms with Crippen molar-refractivity contribution in [2.24, 2.45) is 0 Å². The molecule has 6 rings (SSSR count). The van der Waals surface area contributed by atoms with E-state index in [-0.39, 0.29) is 5.97 Å². The van der Waals surface area contributed by atoms with E-state index in [0.29, 0.717) is 6.61 Å². The van der Waals surface area contributed by atoms with Crippen LogP contribution >= 0.6 is 0 Å². The molecule has 0 aliphatic carbocycles. The summed E-state index contributed by atoms with van der Waals surface area (Å²) >= 11 is 0. The first-order valence-electron chi connectivity index (χ1n) is 18.6. The minimum atomic E-state index is -0.180. The van der Waals surface area contributed by atoms with Gasteiger partial charge in [-0.05, 0) is 121 Å². The maximum Gasteiger partial charge on any atom is 0.339 e. The summed E-state index contributed by atoms with van der Waals surface area (Å²) in [4.78, 5) is 13.6. The molecule has 0 aliphatic heterocycles. The Morgan fingerprint density at radius 3 is 1.38 bits per heavy atom. The van der Waals surface area contributed by atoms with Crippen molar-refractivity contribution in [2.75, 3.05) is 6.61 Å². The molecule has 0 radical (unpaired) electrons. The molecule has 0 atom stereocenters. The SMILES string of the molecule is CCCCCCCCCCCCCCCCOC(=O)c1c(CC)ccc2cc3cc4cc5cc6ccccc6cc5cc4cc3cc12. The molecule has 2 nitrogen and oxygen atoms in total. The van der Waals surface area contributed by atoms with E-state index in [1.54, 1.807) is 0 Å². The third-order valence-corrected chi connectivity index (χ3v) is 10.2. The Labute approximate surface area is 281 Å².